The van der Waals surface area contributed by atoms with Crippen molar-refractivity contribution in [3.8, 4) is 0 Å². The van der Waals surface area contributed by atoms with E-state index in [2.05, 4.69) is 18.8 Å². The van der Waals surface area contributed by atoms with Crippen LogP contribution in [0.1, 0.15) is 42.7 Å². The third kappa shape index (κ3) is 2.36. The number of thiocarbonyl (C=S) groups is 1. The van der Waals surface area contributed by atoms with Gasteiger partial charge in [-0.2, -0.15) is 0 Å². The maximum atomic E-state index is 12.3. The van der Waals surface area contributed by atoms with E-state index in [1.54, 1.807) is 18.3 Å². The van der Waals surface area contributed by atoms with Gasteiger partial charge in [0.15, 0.2) is 0 Å². The van der Waals surface area contributed by atoms with Gasteiger partial charge in [0, 0.05) is 23.8 Å². The SMILES string of the molecule is CC1(C)CCCN1C(=O)c1ccc(C(N)=S)cn1. The van der Waals surface area contributed by atoms with Crippen LogP contribution in [0.5, 0.6) is 0 Å². The summed E-state index contributed by atoms with van der Waals surface area (Å²) in [5.74, 6) is -0.0213. The van der Waals surface area contributed by atoms with Crippen molar-refractivity contribution in [2.45, 2.75) is 32.2 Å². The first-order valence-corrected chi connectivity index (χ1v) is 6.40. The first-order chi connectivity index (χ1) is 8.42. The fourth-order valence-corrected chi connectivity index (χ4v) is 2.41. The number of nitrogens with two attached hydrogens (primary N) is 1. The van der Waals surface area contributed by atoms with Crippen LogP contribution in [0.3, 0.4) is 0 Å². The van der Waals surface area contributed by atoms with Gasteiger partial charge < -0.3 is 10.6 Å². The Hall–Kier alpha value is -1.49. The Balaban J connectivity index is 2.21. The summed E-state index contributed by atoms with van der Waals surface area (Å²) in [4.78, 5) is 18.7. The van der Waals surface area contributed by atoms with Crippen molar-refractivity contribution in [2.75, 3.05) is 6.54 Å². The number of likely N-dealkylation sites (tertiary alicyclic amines) is 1. The molecule has 0 spiro atoms. The predicted molar refractivity (Wildman–Crippen MR) is 74.5 cm³/mol. The van der Waals surface area contributed by atoms with E-state index in [0.717, 1.165) is 19.4 Å². The van der Waals surface area contributed by atoms with Gasteiger partial charge in [-0.25, -0.2) is 0 Å². The monoisotopic (exact) mass is 263 g/mol. The fraction of sp³-hybridized carbons (Fsp3) is 0.462. The molecule has 1 aromatic heterocycles. The highest BCUT2D eigenvalue weighted by molar-refractivity contribution is 7.80. The largest absolute Gasteiger partial charge is 0.389 e. The van der Waals surface area contributed by atoms with Gasteiger partial charge in [-0.15, -0.1) is 0 Å². The predicted octanol–water partition coefficient (Wildman–Crippen LogP) is 1.73. The van der Waals surface area contributed by atoms with Gasteiger partial charge in [0.25, 0.3) is 5.91 Å². The average molecular weight is 263 g/mol. The zero-order valence-corrected chi connectivity index (χ0v) is 11.5. The second kappa shape index (κ2) is 4.65. The topological polar surface area (TPSA) is 59.2 Å². The Morgan fingerprint density at radius 3 is 2.67 bits per heavy atom. The number of hydrogen-bond acceptors (Lipinski definition) is 3. The fourth-order valence-electron chi connectivity index (χ4n) is 2.29. The molecule has 0 radical (unpaired) electrons. The molecule has 0 atom stereocenters. The van der Waals surface area contributed by atoms with Crippen molar-refractivity contribution in [1.29, 1.82) is 0 Å². The summed E-state index contributed by atoms with van der Waals surface area (Å²) in [5.41, 5.74) is 6.55. The number of hydrogen-bond donors (Lipinski definition) is 1. The Labute approximate surface area is 112 Å². The Bertz CT molecular complexity index is 482. The molecule has 1 amide bonds. The van der Waals surface area contributed by atoms with Crippen LogP contribution < -0.4 is 5.73 Å². The number of aromatic nitrogens is 1. The summed E-state index contributed by atoms with van der Waals surface area (Å²) < 4.78 is 0. The molecule has 96 valence electrons. The highest BCUT2D eigenvalue weighted by Gasteiger charge is 2.36. The van der Waals surface area contributed by atoms with Gasteiger partial charge >= 0.3 is 0 Å². The maximum Gasteiger partial charge on any atom is 0.272 e. The number of amides is 1. The first kappa shape index (κ1) is 13.0. The molecule has 1 aliphatic rings. The van der Waals surface area contributed by atoms with Crippen molar-refractivity contribution in [2.24, 2.45) is 5.73 Å². The quantitative estimate of drug-likeness (QED) is 0.826. The van der Waals surface area contributed by atoms with Crippen LogP contribution in [-0.2, 0) is 0 Å². The zero-order chi connectivity index (χ0) is 13.3. The number of rotatable bonds is 2. The normalized spacial score (nSPS) is 17.8. The average Bonchev–Trinajstić information content (AvgIpc) is 2.68. The maximum absolute atomic E-state index is 12.3. The van der Waals surface area contributed by atoms with E-state index < -0.39 is 0 Å². The third-order valence-corrected chi connectivity index (χ3v) is 3.65. The van der Waals surface area contributed by atoms with Gasteiger partial charge in [0.05, 0.1) is 0 Å². The minimum absolute atomic E-state index is 0.0213. The molecule has 0 unspecified atom stereocenters. The minimum Gasteiger partial charge on any atom is -0.389 e. The number of carbonyl (C=O) groups excluding carboxylic acids is 1. The lowest BCUT2D eigenvalue weighted by atomic mass is 10.0. The van der Waals surface area contributed by atoms with E-state index in [-0.39, 0.29) is 11.4 Å². The van der Waals surface area contributed by atoms with E-state index >= 15 is 0 Å². The lowest BCUT2D eigenvalue weighted by Gasteiger charge is -2.31. The molecule has 18 heavy (non-hydrogen) atoms. The number of pyridine rings is 1. The highest BCUT2D eigenvalue weighted by Crippen LogP contribution is 2.29. The molecule has 1 aliphatic heterocycles. The molecule has 0 aromatic carbocycles. The van der Waals surface area contributed by atoms with Gasteiger partial charge in [-0.3, -0.25) is 9.78 Å². The number of carbonyl (C=O) groups is 1. The van der Waals surface area contributed by atoms with Crippen LogP contribution >= 0.6 is 12.2 Å². The van der Waals surface area contributed by atoms with Crippen LogP contribution in [0, 0.1) is 0 Å². The summed E-state index contributed by atoms with van der Waals surface area (Å²) in [6, 6.07) is 3.43. The molecule has 0 bridgehead atoms. The second-order valence-corrected chi connectivity index (χ2v) is 5.61. The standard InChI is InChI=1S/C13H17N3OS/c1-13(2)6-3-7-16(13)12(17)10-5-4-9(8-15-10)11(14)18/h4-5,8H,3,6-7H2,1-2H3,(H2,14,18). The van der Waals surface area contributed by atoms with Gasteiger partial charge in [0.1, 0.15) is 10.7 Å². The van der Waals surface area contributed by atoms with Crippen molar-refractivity contribution in [3.63, 3.8) is 0 Å². The van der Waals surface area contributed by atoms with Crippen molar-refractivity contribution in [3.05, 3.63) is 29.6 Å². The van der Waals surface area contributed by atoms with E-state index in [4.69, 9.17) is 18.0 Å². The molecule has 0 saturated carbocycles. The smallest absolute Gasteiger partial charge is 0.272 e. The summed E-state index contributed by atoms with van der Waals surface area (Å²) in [6.07, 6.45) is 3.63. The summed E-state index contributed by atoms with van der Waals surface area (Å²) in [6.45, 7) is 4.97. The number of nitrogens with zero attached hydrogens (tertiary/aromatic N) is 2. The molecule has 2 heterocycles. The van der Waals surface area contributed by atoms with Crippen LogP contribution in [0.15, 0.2) is 18.3 Å². The lowest BCUT2D eigenvalue weighted by molar-refractivity contribution is 0.0646. The molecular weight excluding hydrogens is 246 g/mol. The van der Waals surface area contributed by atoms with Crippen LogP contribution in [-0.4, -0.2) is 32.9 Å². The molecule has 2 N–H and O–H groups in total. The Morgan fingerprint density at radius 2 is 2.22 bits per heavy atom. The second-order valence-electron chi connectivity index (χ2n) is 5.17. The lowest BCUT2D eigenvalue weighted by Crippen LogP contribution is -2.42. The van der Waals surface area contributed by atoms with E-state index in [0.29, 0.717) is 16.2 Å². The van der Waals surface area contributed by atoms with Gasteiger partial charge in [0.2, 0.25) is 0 Å². The summed E-state index contributed by atoms with van der Waals surface area (Å²) in [5, 5.41) is 0. The minimum atomic E-state index is -0.0827. The van der Waals surface area contributed by atoms with E-state index in [1.165, 1.54) is 0 Å². The molecule has 1 aromatic rings. The van der Waals surface area contributed by atoms with Crippen LogP contribution in [0.4, 0.5) is 0 Å². The molecule has 1 fully saturated rings. The van der Waals surface area contributed by atoms with Crippen LogP contribution in [0.2, 0.25) is 0 Å². The van der Waals surface area contributed by atoms with E-state index in [1.807, 2.05) is 4.90 Å². The molecule has 5 heteroatoms. The zero-order valence-electron chi connectivity index (χ0n) is 10.6. The van der Waals surface area contributed by atoms with Crippen molar-refractivity contribution >= 4 is 23.1 Å². The first-order valence-electron chi connectivity index (χ1n) is 6.00. The summed E-state index contributed by atoms with van der Waals surface area (Å²) >= 11 is 4.86. The van der Waals surface area contributed by atoms with Crippen molar-refractivity contribution in [1.82, 2.24) is 9.88 Å². The highest BCUT2D eigenvalue weighted by atomic mass is 32.1. The van der Waals surface area contributed by atoms with Gasteiger partial charge in [-0.1, -0.05) is 12.2 Å². The molecule has 0 aliphatic carbocycles. The molecular formula is C13H17N3OS. The Morgan fingerprint density at radius 1 is 1.50 bits per heavy atom. The summed E-state index contributed by atoms with van der Waals surface area (Å²) in [7, 11) is 0. The van der Waals surface area contributed by atoms with Crippen molar-refractivity contribution < 1.29 is 4.79 Å². The van der Waals surface area contributed by atoms with Crippen LogP contribution in [0.25, 0.3) is 0 Å². The molecule has 2 rings (SSSR count). The third-order valence-electron chi connectivity index (χ3n) is 3.41. The molecule has 4 nitrogen and oxygen atoms in total. The molecule has 1 saturated heterocycles. The van der Waals surface area contributed by atoms with Gasteiger partial charge in [-0.05, 0) is 38.8 Å². The van der Waals surface area contributed by atoms with E-state index in [9.17, 15) is 4.79 Å². The Kier molecular flexibility index (Phi) is 3.34.